The fourth-order valence-corrected chi connectivity index (χ4v) is 4.21. The number of amides is 1. The Morgan fingerprint density at radius 2 is 2.16 bits per heavy atom. The molecular weight excluding hydrogens is 430 g/mol. The Balaban J connectivity index is 2.09. The highest BCUT2D eigenvalue weighted by molar-refractivity contribution is 7.07. The number of nitriles is 1. The Kier molecular flexibility index (Phi) is 7.12. The van der Waals surface area contributed by atoms with E-state index in [1.807, 2.05) is 13.0 Å². The molecule has 0 unspecified atom stereocenters. The second-order valence-corrected chi connectivity index (χ2v) is 7.94. The number of ether oxygens (including phenoxy) is 1. The van der Waals surface area contributed by atoms with Crippen molar-refractivity contribution >= 4 is 51.6 Å². The van der Waals surface area contributed by atoms with E-state index in [1.54, 1.807) is 31.3 Å². The third-order valence-electron chi connectivity index (χ3n) is 4.77. The lowest BCUT2D eigenvalue weighted by atomic mass is 10.1. The molecule has 1 amide bonds. The first-order chi connectivity index (χ1) is 15.4. The van der Waals surface area contributed by atoms with Gasteiger partial charge in [0.25, 0.3) is 11.5 Å². The minimum Gasteiger partial charge on any atom is -0.462 e. The van der Waals surface area contributed by atoms with Gasteiger partial charge in [-0.3, -0.25) is 14.2 Å². The summed E-state index contributed by atoms with van der Waals surface area (Å²) in [5.41, 5.74) is 6.68. The normalized spacial score (nSPS) is 12.5. The van der Waals surface area contributed by atoms with Gasteiger partial charge in [-0.1, -0.05) is 13.3 Å². The number of hydrogen-bond acceptors (Lipinski definition) is 7. The van der Waals surface area contributed by atoms with Crippen LogP contribution in [0.5, 0.6) is 0 Å². The highest BCUT2D eigenvalue weighted by Crippen LogP contribution is 2.22. The maximum Gasteiger partial charge on any atom is 0.351 e. The van der Waals surface area contributed by atoms with Crippen molar-refractivity contribution in [3.63, 3.8) is 0 Å². The van der Waals surface area contributed by atoms with Crippen molar-refractivity contribution in [2.45, 2.75) is 33.2 Å². The molecule has 0 fully saturated rings. The summed E-state index contributed by atoms with van der Waals surface area (Å²) < 4.78 is 7.02. The lowest BCUT2D eigenvalue weighted by molar-refractivity contribution is -0.136. The highest BCUT2D eigenvalue weighted by Gasteiger charge is 2.16. The van der Waals surface area contributed by atoms with E-state index in [0.29, 0.717) is 27.7 Å². The molecule has 0 spiro atoms. The van der Waals surface area contributed by atoms with E-state index in [4.69, 9.17) is 10.5 Å². The SMILES string of the molecule is CCCCn1c(=O)/c(=C\Nc2ccc3[nH]cc(C(N)=O)c3c2)s/c1=C(/C#N)C(=O)OCC. The van der Waals surface area contributed by atoms with Gasteiger partial charge in [0.1, 0.15) is 15.3 Å². The van der Waals surface area contributed by atoms with Gasteiger partial charge < -0.3 is 20.8 Å². The number of fused-ring (bicyclic) bond motifs is 1. The Bertz CT molecular complexity index is 1390. The van der Waals surface area contributed by atoms with E-state index < -0.39 is 11.9 Å². The molecule has 3 aromatic rings. The summed E-state index contributed by atoms with van der Waals surface area (Å²) in [5, 5.41) is 13.2. The number of thiazole rings is 1. The average Bonchev–Trinajstić information content (AvgIpc) is 3.32. The molecule has 0 radical (unpaired) electrons. The number of carbonyl (C=O) groups excluding carboxylic acids is 2. The highest BCUT2D eigenvalue weighted by atomic mass is 32.1. The summed E-state index contributed by atoms with van der Waals surface area (Å²) in [4.78, 5) is 39.8. The summed E-state index contributed by atoms with van der Waals surface area (Å²) >= 11 is 1.05. The number of esters is 1. The monoisotopic (exact) mass is 453 g/mol. The van der Waals surface area contributed by atoms with Crippen molar-refractivity contribution in [1.82, 2.24) is 9.55 Å². The van der Waals surface area contributed by atoms with Gasteiger partial charge in [-0.15, -0.1) is 11.3 Å². The number of nitrogens with one attached hydrogen (secondary N) is 2. The minimum atomic E-state index is -0.752. The second-order valence-electron chi connectivity index (χ2n) is 6.90. The van der Waals surface area contributed by atoms with E-state index in [2.05, 4.69) is 10.3 Å². The van der Waals surface area contributed by atoms with E-state index in [0.717, 1.165) is 29.7 Å². The molecule has 0 aliphatic heterocycles. The number of hydrogen-bond donors (Lipinski definition) is 3. The van der Waals surface area contributed by atoms with Gasteiger partial charge in [0.05, 0.1) is 12.2 Å². The number of nitrogens with zero attached hydrogens (tertiary/aromatic N) is 2. The van der Waals surface area contributed by atoms with Crippen molar-refractivity contribution in [2.75, 3.05) is 11.9 Å². The van der Waals surface area contributed by atoms with Crippen LogP contribution >= 0.6 is 11.3 Å². The van der Waals surface area contributed by atoms with Crippen molar-refractivity contribution in [3.05, 3.63) is 49.5 Å². The van der Waals surface area contributed by atoms with Crippen LogP contribution in [0.1, 0.15) is 37.0 Å². The molecule has 0 aliphatic rings. The number of aromatic amines is 1. The summed E-state index contributed by atoms with van der Waals surface area (Å²) in [6.45, 7) is 4.16. The van der Waals surface area contributed by atoms with Crippen LogP contribution < -0.4 is 25.8 Å². The van der Waals surface area contributed by atoms with Crippen LogP contribution in [0.15, 0.2) is 29.2 Å². The number of carbonyl (C=O) groups is 2. The molecule has 1 aromatic carbocycles. The van der Waals surface area contributed by atoms with Crippen LogP contribution in [0.4, 0.5) is 5.69 Å². The van der Waals surface area contributed by atoms with Crippen molar-refractivity contribution in [1.29, 1.82) is 5.26 Å². The number of primary amides is 1. The van der Waals surface area contributed by atoms with E-state index in [-0.39, 0.29) is 22.4 Å². The van der Waals surface area contributed by atoms with Crippen LogP contribution in [0.25, 0.3) is 22.7 Å². The molecule has 4 N–H and O–H groups in total. The smallest absolute Gasteiger partial charge is 0.351 e. The minimum absolute atomic E-state index is 0.129. The topological polar surface area (TPSA) is 143 Å². The van der Waals surface area contributed by atoms with E-state index >= 15 is 0 Å². The maximum absolute atomic E-state index is 13.0. The molecule has 166 valence electrons. The molecule has 0 saturated carbocycles. The Morgan fingerprint density at radius 3 is 2.81 bits per heavy atom. The molecule has 3 rings (SSSR count). The van der Waals surface area contributed by atoms with E-state index in [9.17, 15) is 19.6 Å². The van der Waals surface area contributed by atoms with Crippen molar-refractivity contribution < 1.29 is 14.3 Å². The van der Waals surface area contributed by atoms with Crippen LogP contribution in [0.2, 0.25) is 0 Å². The molecule has 9 nitrogen and oxygen atoms in total. The summed E-state index contributed by atoms with van der Waals surface area (Å²) in [5.74, 6) is -1.30. The van der Waals surface area contributed by atoms with Gasteiger partial charge in [-0.2, -0.15) is 5.26 Å². The average molecular weight is 454 g/mol. The number of aromatic nitrogens is 2. The van der Waals surface area contributed by atoms with Gasteiger partial charge in [0.15, 0.2) is 5.57 Å². The lowest BCUT2D eigenvalue weighted by Gasteiger charge is -2.02. The zero-order chi connectivity index (χ0) is 23.3. The molecular formula is C22H23N5O4S. The quantitative estimate of drug-likeness (QED) is 0.440. The molecule has 10 heteroatoms. The van der Waals surface area contributed by atoms with Gasteiger partial charge in [0.2, 0.25) is 0 Å². The van der Waals surface area contributed by atoms with Gasteiger partial charge in [-0.25, -0.2) is 4.79 Å². The third-order valence-corrected chi connectivity index (χ3v) is 5.90. The predicted octanol–water partition coefficient (Wildman–Crippen LogP) is 1.38. The van der Waals surface area contributed by atoms with Gasteiger partial charge in [0, 0.05) is 35.5 Å². The van der Waals surface area contributed by atoms with Crippen molar-refractivity contribution in [3.8, 4) is 6.07 Å². The fourth-order valence-electron chi connectivity index (χ4n) is 3.17. The van der Waals surface area contributed by atoms with Gasteiger partial charge >= 0.3 is 5.97 Å². The number of rotatable bonds is 8. The molecule has 0 atom stereocenters. The van der Waals surface area contributed by atoms with Crippen LogP contribution in [0, 0.1) is 11.3 Å². The molecule has 0 bridgehead atoms. The largest absolute Gasteiger partial charge is 0.462 e. The fraction of sp³-hybridized carbons (Fsp3) is 0.273. The zero-order valence-corrected chi connectivity index (χ0v) is 18.5. The summed E-state index contributed by atoms with van der Waals surface area (Å²) in [6.07, 6.45) is 4.64. The molecule has 0 aliphatic carbocycles. The number of nitrogens with two attached hydrogens (primary N) is 1. The number of unbranched alkanes of at least 4 members (excludes halogenated alkanes) is 1. The van der Waals surface area contributed by atoms with Crippen molar-refractivity contribution in [2.24, 2.45) is 5.73 Å². The standard InChI is InChI=1S/C22H23N5O4S/c1-3-5-8-27-20(29)18(32-21(27)15(10-23)22(30)31-4-2)12-25-13-6-7-17-14(9-13)16(11-26-17)19(24)28/h6-7,9,11-12,25-26H,3-5,8H2,1-2H3,(H2,24,28)/b18-12+,21-15-. The van der Waals surface area contributed by atoms with E-state index in [1.165, 1.54) is 10.8 Å². The van der Waals surface area contributed by atoms with Crippen LogP contribution in [-0.2, 0) is 16.1 Å². The third kappa shape index (κ3) is 4.58. The summed E-state index contributed by atoms with van der Waals surface area (Å²) in [6, 6.07) is 7.21. The molecule has 32 heavy (non-hydrogen) atoms. The first kappa shape index (κ1) is 22.8. The Labute approximate surface area is 187 Å². The molecule has 2 aromatic heterocycles. The van der Waals surface area contributed by atoms with Gasteiger partial charge in [-0.05, 0) is 31.5 Å². The Morgan fingerprint density at radius 1 is 1.38 bits per heavy atom. The molecule has 0 saturated heterocycles. The van der Waals surface area contributed by atoms with Crippen LogP contribution in [0.3, 0.4) is 0 Å². The first-order valence-corrected chi connectivity index (χ1v) is 10.9. The van der Waals surface area contributed by atoms with Crippen LogP contribution in [-0.4, -0.2) is 28.0 Å². The lowest BCUT2D eigenvalue weighted by Crippen LogP contribution is -2.33. The maximum atomic E-state index is 13.0. The number of H-pyrrole nitrogens is 1. The number of benzene rings is 1. The molecule has 2 heterocycles. The Hall–Kier alpha value is -3.84. The zero-order valence-electron chi connectivity index (χ0n) is 17.7. The second kappa shape index (κ2) is 9.98. The first-order valence-electron chi connectivity index (χ1n) is 10.1. The predicted molar refractivity (Wildman–Crippen MR) is 123 cm³/mol. The number of anilines is 1. The summed E-state index contributed by atoms with van der Waals surface area (Å²) in [7, 11) is 0.